The van der Waals surface area contributed by atoms with E-state index in [0.29, 0.717) is 13.0 Å². The average molecular weight is 656 g/mol. The van der Waals surface area contributed by atoms with E-state index in [-0.39, 0.29) is 11.8 Å². The van der Waals surface area contributed by atoms with Crippen LogP contribution < -0.4 is 0 Å². The van der Waals surface area contributed by atoms with E-state index in [0.717, 1.165) is 141 Å². The first-order chi connectivity index (χ1) is 22.8. The van der Waals surface area contributed by atoms with Gasteiger partial charge in [-0.2, -0.15) is 0 Å². The maximum absolute atomic E-state index is 16.1. The summed E-state index contributed by atoms with van der Waals surface area (Å²) >= 11 is 0. The highest BCUT2D eigenvalue weighted by Crippen LogP contribution is 2.39. The van der Waals surface area contributed by atoms with Gasteiger partial charge in [0.05, 0.1) is 6.61 Å². The van der Waals surface area contributed by atoms with Crippen LogP contribution in [0.1, 0.15) is 210 Å². The Hall–Kier alpha value is -1.68. The average Bonchev–Trinajstić information content (AvgIpc) is 3.08. The largest absolute Gasteiger partial charge is 0.464 e. The number of rotatable bonds is 29. The van der Waals surface area contributed by atoms with Gasteiger partial charge in [0.25, 0.3) is 0 Å². The number of carbonyl (C=O) groups is 2. The van der Waals surface area contributed by atoms with Crippen molar-refractivity contribution in [2.45, 2.75) is 209 Å². The van der Waals surface area contributed by atoms with Crippen LogP contribution in [-0.4, -0.2) is 41.9 Å². The minimum Gasteiger partial charge on any atom is -0.464 e. The van der Waals surface area contributed by atoms with E-state index < -0.39 is 5.54 Å². The molecule has 1 unspecified atom stereocenters. The number of unbranched alkanes of at least 4 members (excludes halogenated alkanes) is 8. The molecular formula is C43H77NO3. The molecule has 272 valence electrons. The van der Waals surface area contributed by atoms with Crippen LogP contribution in [0.3, 0.4) is 0 Å². The van der Waals surface area contributed by atoms with Crippen LogP contribution >= 0.6 is 0 Å². The lowest BCUT2D eigenvalue weighted by molar-refractivity contribution is -0.155. The Morgan fingerprint density at radius 3 is 1.17 bits per heavy atom. The molecule has 0 bridgehead atoms. The number of hydrogen-bond acceptors (Lipinski definition) is 4. The van der Waals surface area contributed by atoms with E-state index in [1.807, 2.05) is 6.92 Å². The number of ether oxygens (including phenoxy) is 1. The third kappa shape index (κ3) is 12.3. The maximum Gasteiger partial charge on any atom is 0.334 e. The van der Waals surface area contributed by atoms with Gasteiger partial charge >= 0.3 is 5.97 Å². The van der Waals surface area contributed by atoms with E-state index in [4.69, 9.17) is 4.74 Å². The molecule has 0 amide bonds. The zero-order valence-corrected chi connectivity index (χ0v) is 32.8. The maximum atomic E-state index is 16.1. The molecule has 1 atom stereocenters. The number of benzene rings is 1. The number of hydrogen-bond donors (Lipinski definition) is 0. The molecule has 0 aliphatic rings. The summed E-state index contributed by atoms with van der Waals surface area (Å²) in [6.07, 6.45) is 22.4. The number of Topliss-reactive ketones (excluding diaryl/α,β-unsaturated/α-hetero) is 1. The predicted molar refractivity (Wildman–Crippen MR) is 204 cm³/mol. The van der Waals surface area contributed by atoms with Gasteiger partial charge in [-0.05, 0) is 131 Å². The predicted octanol–water partition coefficient (Wildman–Crippen LogP) is 12.0. The highest BCUT2D eigenvalue weighted by atomic mass is 16.5. The summed E-state index contributed by atoms with van der Waals surface area (Å²) in [6, 6.07) is 0. The Balaban J connectivity index is 4.53. The van der Waals surface area contributed by atoms with Crippen molar-refractivity contribution in [1.29, 1.82) is 0 Å². The molecule has 47 heavy (non-hydrogen) atoms. The molecule has 0 aliphatic heterocycles. The molecule has 1 aromatic rings. The van der Waals surface area contributed by atoms with Crippen molar-refractivity contribution >= 4 is 11.8 Å². The lowest BCUT2D eigenvalue weighted by Crippen LogP contribution is -2.61. The Morgan fingerprint density at radius 1 is 0.489 bits per heavy atom. The fraction of sp³-hybridized carbons (Fsp3) is 0.814. The molecule has 0 saturated carbocycles. The van der Waals surface area contributed by atoms with Gasteiger partial charge in [0.2, 0.25) is 0 Å². The topological polar surface area (TPSA) is 46.6 Å². The van der Waals surface area contributed by atoms with E-state index >= 15 is 4.79 Å². The first kappa shape index (κ1) is 43.3. The second-order valence-electron chi connectivity index (χ2n) is 14.0. The summed E-state index contributed by atoms with van der Waals surface area (Å²) in [7, 11) is 0. The molecule has 4 heteroatoms. The van der Waals surface area contributed by atoms with Crippen LogP contribution in [0.5, 0.6) is 0 Å². The highest BCUT2D eigenvalue weighted by molar-refractivity contribution is 6.18. The van der Waals surface area contributed by atoms with Crippen LogP contribution in [0, 0.1) is 0 Å². The fourth-order valence-corrected chi connectivity index (χ4v) is 7.35. The molecule has 1 rings (SSSR count). The molecule has 0 aromatic heterocycles. The Bertz CT molecular complexity index is 966. The molecular weight excluding hydrogens is 578 g/mol. The third-order valence-corrected chi connectivity index (χ3v) is 10.2. The Morgan fingerprint density at radius 2 is 0.830 bits per heavy atom. The first-order valence-corrected chi connectivity index (χ1v) is 20.5. The van der Waals surface area contributed by atoms with Crippen molar-refractivity contribution in [2.24, 2.45) is 0 Å². The molecule has 0 saturated heterocycles. The van der Waals surface area contributed by atoms with Crippen LogP contribution in [0.15, 0.2) is 0 Å². The molecule has 0 N–H and O–H groups in total. The van der Waals surface area contributed by atoms with Crippen LogP contribution in [0.25, 0.3) is 0 Å². The van der Waals surface area contributed by atoms with Crippen LogP contribution in [-0.2, 0) is 41.6 Å². The van der Waals surface area contributed by atoms with E-state index in [2.05, 4.69) is 60.3 Å². The van der Waals surface area contributed by atoms with Crippen molar-refractivity contribution < 1.29 is 14.3 Å². The summed E-state index contributed by atoms with van der Waals surface area (Å²) < 4.78 is 6.00. The molecule has 1 aromatic carbocycles. The normalized spacial score (nSPS) is 12.9. The molecule has 0 radical (unpaired) electrons. The zero-order valence-electron chi connectivity index (χ0n) is 32.8. The molecule has 0 heterocycles. The molecule has 4 nitrogen and oxygen atoms in total. The van der Waals surface area contributed by atoms with Gasteiger partial charge in [-0.25, -0.2) is 4.79 Å². The van der Waals surface area contributed by atoms with Crippen molar-refractivity contribution in [2.75, 3.05) is 19.7 Å². The molecule has 0 fully saturated rings. The van der Waals surface area contributed by atoms with Crippen molar-refractivity contribution in [3.05, 3.63) is 33.4 Å². The second kappa shape index (κ2) is 25.3. The number of nitrogens with zero attached hydrogens (tertiary/aromatic N) is 1. The minimum atomic E-state index is -1.28. The molecule has 0 spiro atoms. The van der Waals surface area contributed by atoms with Gasteiger partial charge in [0.15, 0.2) is 11.3 Å². The summed E-state index contributed by atoms with van der Waals surface area (Å²) in [4.78, 5) is 33.0. The van der Waals surface area contributed by atoms with Gasteiger partial charge in [-0.1, -0.05) is 113 Å². The quantitative estimate of drug-likeness (QED) is 0.0489. The SMILES string of the molecule is CCCCc1c(CCCC)c(CCCC)c(C(=O)C(CCCC)(C(=O)OCC)N(CCCC)CCCC)c(CCCC)c1CCCC. The summed E-state index contributed by atoms with van der Waals surface area (Å²) in [6.45, 7) is 21.7. The monoisotopic (exact) mass is 656 g/mol. The number of esters is 1. The van der Waals surface area contributed by atoms with Gasteiger partial charge in [0.1, 0.15) is 0 Å². The van der Waals surface area contributed by atoms with Crippen molar-refractivity contribution in [1.82, 2.24) is 4.90 Å². The molecule has 0 aliphatic carbocycles. The highest BCUT2D eigenvalue weighted by Gasteiger charge is 2.52. The van der Waals surface area contributed by atoms with E-state index in [1.165, 1.54) is 35.1 Å². The van der Waals surface area contributed by atoms with Gasteiger partial charge in [-0.15, -0.1) is 0 Å². The first-order valence-electron chi connectivity index (χ1n) is 20.5. The van der Waals surface area contributed by atoms with Crippen LogP contribution in [0.2, 0.25) is 0 Å². The Kier molecular flexibility index (Phi) is 23.3. The lowest BCUT2D eigenvalue weighted by atomic mass is 9.73. The van der Waals surface area contributed by atoms with Gasteiger partial charge in [-0.3, -0.25) is 9.69 Å². The Labute approximate surface area is 292 Å². The van der Waals surface area contributed by atoms with Crippen LogP contribution in [0.4, 0.5) is 0 Å². The fourth-order valence-electron chi connectivity index (χ4n) is 7.35. The third-order valence-electron chi connectivity index (χ3n) is 10.2. The van der Waals surface area contributed by atoms with Crippen molar-refractivity contribution in [3.63, 3.8) is 0 Å². The number of carbonyl (C=O) groups excluding carboxylic acids is 2. The van der Waals surface area contributed by atoms with Gasteiger partial charge in [0, 0.05) is 5.56 Å². The number of ketones is 1. The van der Waals surface area contributed by atoms with Crippen molar-refractivity contribution in [3.8, 4) is 0 Å². The standard InChI is InChI=1S/C43H77NO3/c1-10-19-27-35-36(28-20-11-2)38(30-22-13-4)40(39(31-23-14-5)37(35)29-21-12-3)41(45)43(32-24-15-6,42(46)47-18-9)44(33-25-16-7)34-26-17-8/h10-34H2,1-9H3. The smallest absolute Gasteiger partial charge is 0.334 e. The summed E-state index contributed by atoms with van der Waals surface area (Å²) in [5.41, 5.74) is 6.72. The minimum absolute atomic E-state index is 0.0614. The van der Waals surface area contributed by atoms with E-state index in [9.17, 15) is 4.79 Å². The lowest BCUT2D eigenvalue weighted by Gasteiger charge is -2.42. The second-order valence-corrected chi connectivity index (χ2v) is 14.0. The summed E-state index contributed by atoms with van der Waals surface area (Å²) in [5, 5.41) is 0. The zero-order chi connectivity index (χ0) is 35.1. The van der Waals surface area contributed by atoms with E-state index in [1.54, 1.807) is 5.56 Å². The van der Waals surface area contributed by atoms with Gasteiger partial charge < -0.3 is 4.74 Å². The summed E-state index contributed by atoms with van der Waals surface area (Å²) in [5.74, 6) is -0.250.